The minimum Gasteiger partial charge on any atom is -0.452 e. The van der Waals surface area contributed by atoms with Crippen LogP contribution in [0.4, 0.5) is 11.4 Å². The van der Waals surface area contributed by atoms with E-state index in [2.05, 4.69) is 4.90 Å². The van der Waals surface area contributed by atoms with Gasteiger partial charge in [-0.2, -0.15) is 0 Å². The van der Waals surface area contributed by atoms with Gasteiger partial charge in [0.2, 0.25) is 0 Å². The van der Waals surface area contributed by atoms with Crippen molar-refractivity contribution in [1.82, 2.24) is 4.90 Å². The van der Waals surface area contributed by atoms with Gasteiger partial charge in [0.1, 0.15) is 0 Å². The third-order valence-corrected chi connectivity index (χ3v) is 5.19. The molecule has 152 valence electrons. The molecule has 0 aromatic heterocycles. The van der Waals surface area contributed by atoms with E-state index in [0.717, 1.165) is 5.69 Å². The summed E-state index contributed by atoms with van der Waals surface area (Å²) in [4.78, 5) is 38.8. The van der Waals surface area contributed by atoms with Gasteiger partial charge in [-0.05, 0) is 25.1 Å². The van der Waals surface area contributed by atoms with Gasteiger partial charge in [0, 0.05) is 37.8 Å². The Bertz CT molecular complexity index is 941. The summed E-state index contributed by atoms with van der Waals surface area (Å²) in [5, 5.41) is 11.7. The molecule has 8 nitrogen and oxygen atoms in total. The molecule has 2 aromatic carbocycles. The molecule has 0 unspecified atom stereocenters. The lowest BCUT2D eigenvalue weighted by atomic mass is 10.1. The fourth-order valence-electron chi connectivity index (χ4n) is 3.24. The van der Waals surface area contributed by atoms with Crippen LogP contribution in [0.25, 0.3) is 0 Å². The van der Waals surface area contributed by atoms with Gasteiger partial charge in [-0.3, -0.25) is 14.9 Å². The SMILES string of the molecule is Cc1c(C(=O)OCC(=O)N2CCN(c3ccccc3Cl)CC2)cccc1[N+](=O)[O-]. The lowest BCUT2D eigenvalue weighted by Crippen LogP contribution is -2.50. The van der Waals surface area contributed by atoms with Crippen LogP contribution in [0.3, 0.4) is 0 Å². The number of nitrogens with zero attached hydrogens (tertiary/aromatic N) is 3. The number of benzene rings is 2. The number of esters is 1. The van der Waals surface area contributed by atoms with Gasteiger partial charge in [-0.15, -0.1) is 0 Å². The summed E-state index contributed by atoms with van der Waals surface area (Å²) in [7, 11) is 0. The lowest BCUT2D eigenvalue weighted by Gasteiger charge is -2.36. The Kier molecular flexibility index (Phi) is 6.33. The standard InChI is InChI=1S/C20H20ClN3O5/c1-14-15(5-4-8-17(14)24(27)28)20(26)29-13-19(25)23-11-9-22(10-12-23)18-7-3-2-6-16(18)21/h2-8H,9-13H2,1H3. The molecule has 0 N–H and O–H groups in total. The zero-order chi connectivity index (χ0) is 21.0. The van der Waals surface area contributed by atoms with Crippen LogP contribution >= 0.6 is 11.6 Å². The first kappa shape index (κ1) is 20.6. The molecule has 1 aliphatic heterocycles. The highest BCUT2D eigenvalue weighted by Crippen LogP contribution is 2.26. The maximum absolute atomic E-state index is 12.4. The fourth-order valence-corrected chi connectivity index (χ4v) is 3.50. The quantitative estimate of drug-likeness (QED) is 0.421. The van der Waals surface area contributed by atoms with Crippen LogP contribution in [0.5, 0.6) is 0 Å². The molecule has 0 atom stereocenters. The van der Waals surface area contributed by atoms with E-state index < -0.39 is 17.5 Å². The molecule has 3 rings (SSSR count). The molecule has 0 radical (unpaired) electrons. The second-order valence-corrected chi connectivity index (χ2v) is 7.01. The van der Waals surface area contributed by atoms with Crippen molar-refractivity contribution >= 4 is 34.9 Å². The normalized spacial score (nSPS) is 13.9. The molecule has 1 heterocycles. The number of anilines is 1. The van der Waals surface area contributed by atoms with E-state index in [1.165, 1.54) is 25.1 Å². The van der Waals surface area contributed by atoms with Crippen molar-refractivity contribution in [1.29, 1.82) is 0 Å². The summed E-state index contributed by atoms with van der Waals surface area (Å²) in [5.41, 5.74) is 1.05. The number of nitro groups is 1. The number of rotatable bonds is 5. The van der Waals surface area contributed by atoms with E-state index in [1.54, 1.807) is 4.90 Å². The fraction of sp³-hybridized carbons (Fsp3) is 0.300. The third-order valence-electron chi connectivity index (χ3n) is 4.87. The second-order valence-electron chi connectivity index (χ2n) is 6.60. The van der Waals surface area contributed by atoms with Gasteiger partial charge in [0.25, 0.3) is 11.6 Å². The lowest BCUT2D eigenvalue weighted by molar-refractivity contribution is -0.385. The first-order valence-electron chi connectivity index (χ1n) is 9.07. The van der Waals surface area contributed by atoms with Crippen LogP contribution in [0.2, 0.25) is 5.02 Å². The van der Waals surface area contributed by atoms with Gasteiger partial charge in [0.05, 0.1) is 21.2 Å². The van der Waals surface area contributed by atoms with Crippen molar-refractivity contribution in [3.8, 4) is 0 Å². The number of carbonyl (C=O) groups is 2. The highest BCUT2D eigenvalue weighted by atomic mass is 35.5. The van der Waals surface area contributed by atoms with E-state index in [1.807, 2.05) is 24.3 Å². The molecular formula is C20H20ClN3O5. The number of para-hydroxylation sites is 1. The van der Waals surface area contributed by atoms with Crippen molar-refractivity contribution in [2.24, 2.45) is 0 Å². The number of hydrogen-bond acceptors (Lipinski definition) is 6. The number of nitro benzene ring substituents is 1. The second kappa shape index (κ2) is 8.91. The Morgan fingerprint density at radius 1 is 1.10 bits per heavy atom. The van der Waals surface area contributed by atoms with Crippen molar-refractivity contribution in [3.05, 3.63) is 68.7 Å². The Hall–Kier alpha value is -3.13. The summed E-state index contributed by atoms with van der Waals surface area (Å²) in [6, 6.07) is 11.7. The van der Waals surface area contributed by atoms with Gasteiger partial charge in [-0.1, -0.05) is 29.8 Å². The number of ether oxygens (including phenoxy) is 1. The van der Waals surface area contributed by atoms with Crippen molar-refractivity contribution in [2.75, 3.05) is 37.7 Å². The van der Waals surface area contributed by atoms with Crippen LogP contribution in [-0.4, -0.2) is 54.5 Å². The topological polar surface area (TPSA) is 93.0 Å². The molecule has 1 aliphatic rings. The first-order chi connectivity index (χ1) is 13.9. The van der Waals surface area contributed by atoms with Crippen molar-refractivity contribution in [3.63, 3.8) is 0 Å². The minimum atomic E-state index is -0.755. The molecule has 29 heavy (non-hydrogen) atoms. The molecule has 1 amide bonds. The smallest absolute Gasteiger partial charge is 0.339 e. The molecule has 0 saturated carbocycles. The monoisotopic (exact) mass is 417 g/mol. The largest absolute Gasteiger partial charge is 0.452 e. The average molecular weight is 418 g/mol. The minimum absolute atomic E-state index is 0.0792. The molecule has 0 spiro atoms. The summed E-state index contributed by atoms with van der Waals surface area (Å²) >= 11 is 6.22. The van der Waals surface area contributed by atoms with Gasteiger partial charge in [0.15, 0.2) is 6.61 Å². The third kappa shape index (κ3) is 4.65. The van der Waals surface area contributed by atoms with Gasteiger partial charge in [-0.25, -0.2) is 4.79 Å². The van der Waals surface area contributed by atoms with Crippen LogP contribution in [0.15, 0.2) is 42.5 Å². The number of carbonyl (C=O) groups excluding carboxylic acids is 2. The van der Waals surface area contributed by atoms with Gasteiger partial charge < -0.3 is 14.5 Å². The molecule has 1 saturated heterocycles. The highest BCUT2D eigenvalue weighted by Gasteiger charge is 2.24. The summed E-state index contributed by atoms with van der Waals surface area (Å²) < 4.78 is 5.10. The Balaban J connectivity index is 1.54. The van der Waals surface area contributed by atoms with E-state index in [0.29, 0.717) is 31.2 Å². The summed E-state index contributed by atoms with van der Waals surface area (Å²) in [6.07, 6.45) is 0. The highest BCUT2D eigenvalue weighted by molar-refractivity contribution is 6.33. The first-order valence-corrected chi connectivity index (χ1v) is 9.44. The number of piperazine rings is 1. The summed E-state index contributed by atoms with van der Waals surface area (Å²) in [6.45, 7) is 3.27. The Morgan fingerprint density at radius 3 is 2.45 bits per heavy atom. The van der Waals surface area contributed by atoms with Crippen LogP contribution in [0, 0.1) is 17.0 Å². The predicted octanol–water partition coefficient (Wildman–Crippen LogP) is 3.06. The van der Waals surface area contributed by atoms with E-state index in [4.69, 9.17) is 16.3 Å². The number of amides is 1. The molecule has 1 fully saturated rings. The maximum atomic E-state index is 12.4. The molecule has 0 bridgehead atoms. The predicted molar refractivity (Wildman–Crippen MR) is 108 cm³/mol. The van der Waals surface area contributed by atoms with Crippen molar-refractivity contribution in [2.45, 2.75) is 6.92 Å². The Morgan fingerprint density at radius 2 is 1.79 bits per heavy atom. The zero-order valence-electron chi connectivity index (χ0n) is 15.8. The number of halogens is 1. The molecule has 0 aliphatic carbocycles. The van der Waals surface area contributed by atoms with E-state index >= 15 is 0 Å². The number of hydrogen-bond donors (Lipinski definition) is 0. The molecule has 2 aromatic rings. The average Bonchev–Trinajstić information content (AvgIpc) is 2.72. The maximum Gasteiger partial charge on any atom is 0.339 e. The Labute approximate surface area is 172 Å². The van der Waals surface area contributed by atoms with Crippen LogP contribution in [0.1, 0.15) is 15.9 Å². The van der Waals surface area contributed by atoms with E-state index in [9.17, 15) is 19.7 Å². The van der Waals surface area contributed by atoms with Crippen LogP contribution < -0.4 is 4.90 Å². The molecule has 9 heteroatoms. The summed E-state index contributed by atoms with van der Waals surface area (Å²) in [5.74, 6) is -1.06. The van der Waals surface area contributed by atoms with E-state index in [-0.39, 0.29) is 22.7 Å². The zero-order valence-corrected chi connectivity index (χ0v) is 16.6. The molecular weight excluding hydrogens is 398 g/mol. The van der Waals surface area contributed by atoms with Gasteiger partial charge >= 0.3 is 5.97 Å². The van der Waals surface area contributed by atoms with Crippen molar-refractivity contribution < 1.29 is 19.2 Å². The van der Waals surface area contributed by atoms with Crippen LogP contribution in [-0.2, 0) is 9.53 Å².